The summed E-state index contributed by atoms with van der Waals surface area (Å²) in [6, 6.07) is 21.2. The summed E-state index contributed by atoms with van der Waals surface area (Å²) in [6.07, 6.45) is 2.39. The number of non-ortho nitro benzene ring substituents is 1. The van der Waals surface area contributed by atoms with E-state index in [0.717, 1.165) is 0 Å². The predicted octanol–water partition coefficient (Wildman–Crippen LogP) is 6.67. The molecule has 37 heavy (non-hydrogen) atoms. The van der Waals surface area contributed by atoms with Crippen LogP contribution in [0.2, 0.25) is 0 Å². The van der Waals surface area contributed by atoms with Crippen molar-refractivity contribution in [2.45, 2.75) is 19.8 Å². The lowest BCUT2D eigenvalue weighted by molar-refractivity contribution is -0.404. The minimum absolute atomic E-state index is 0.447. The fourth-order valence-corrected chi connectivity index (χ4v) is 5.06. The van der Waals surface area contributed by atoms with Crippen molar-refractivity contribution in [3.8, 4) is 5.75 Å². The highest BCUT2D eigenvalue weighted by Gasteiger charge is 2.30. The van der Waals surface area contributed by atoms with Crippen LogP contribution in [0.3, 0.4) is 0 Å². The van der Waals surface area contributed by atoms with Gasteiger partial charge in [-0.05, 0) is 74.8 Å². The number of hydrogen-bond acceptors (Lipinski definition) is 7. The second-order valence-electron chi connectivity index (χ2n) is 8.80. The summed E-state index contributed by atoms with van der Waals surface area (Å²) in [7, 11) is 0. The molecule has 184 valence electrons. The molecule has 6 rings (SSSR count). The summed E-state index contributed by atoms with van der Waals surface area (Å²) in [4.78, 5) is 27.8. The van der Waals surface area contributed by atoms with Crippen LogP contribution in [-0.2, 0) is 12.8 Å². The van der Waals surface area contributed by atoms with Gasteiger partial charge in [-0.2, -0.15) is 0 Å². The molecule has 1 aliphatic rings. The van der Waals surface area contributed by atoms with Gasteiger partial charge >= 0.3 is 11.4 Å². The molecule has 0 aromatic heterocycles. The van der Waals surface area contributed by atoms with Crippen LogP contribution in [0.25, 0.3) is 32.3 Å². The molecule has 5 aromatic rings. The van der Waals surface area contributed by atoms with E-state index in [1.807, 2.05) is 0 Å². The van der Waals surface area contributed by atoms with Gasteiger partial charge in [-0.3, -0.25) is 30.3 Å². The summed E-state index contributed by atoms with van der Waals surface area (Å²) >= 11 is 0. The molecule has 0 bridgehead atoms. The molecule has 0 amide bonds. The molecular weight excluding hydrogens is 478 g/mol. The second kappa shape index (κ2) is 8.83. The fraction of sp³-hybridized carbons (Fsp3) is 0.111. The first-order chi connectivity index (χ1) is 17.7. The zero-order valence-corrected chi connectivity index (χ0v) is 19.5. The number of fused-ring (bicyclic) bond motifs is 4. The number of nitro benzene ring substituents is 3. The van der Waals surface area contributed by atoms with E-state index in [1.54, 1.807) is 11.1 Å². The van der Waals surface area contributed by atoms with E-state index in [4.69, 9.17) is 5.11 Å². The van der Waals surface area contributed by atoms with Crippen molar-refractivity contribution in [1.82, 2.24) is 0 Å². The van der Waals surface area contributed by atoms with Gasteiger partial charge < -0.3 is 5.11 Å². The number of nitrogens with zero attached hydrogens (tertiary/aromatic N) is 3. The van der Waals surface area contributed by atoms with Crippen LogP contribution in [0.5, 0.6) is 5.75 Å². The summed E-state index contributed by atoms with van der Waals surface area (Å²) in [6.45, 7) is 2.24. The third-order valence-electron chi connectivity index (χ3n) is 6.76. The number of rotatable bonds is 3. The van der Waals surface area contributed by atoms with Crippen LogP contribution in [0, 0.1) is 37.3 Å². The molecule has 0 saturated heterocycles. The summed E-state index contributed by atoms with van der Waals surface area (Å²) in [5.74, 6) is -1.21. The third-order valence-corrected chi connectivity index (χ3v) is 6.76. The molecule has 0 unspecified atom stereocenters. The average Bonchev–Trinajstić information content (AvgIpc) is 3.33. The number of phenols is 1. The molecule has 10 heteroatoms. The third kappa shape index (κ3) is 3.94. The molecule has 5 aromatic carbocycles. The lowest BCUT2D eigenvalue weighted by atomic mass is 9.93. The van der Waals surface area contributed by atoms with Crippen LogP contribution in [0.1, 0.15) is 16.7 Å². The van der Waals surface area contributed by atoms with E-state index < -0.39 is 37.6 Å². The first-order valence-electron chi connectivity index (χ1n) is 11.3. The largest absolute Gasteiger partial charge is 0.497 e. The molecule has 0 aliphatic heterocycles. The van der Waals surface area contributed by atoms with Gasteiger partial charge in [0.05, 0.1) is 26.9 Å². The molecule has 10 nitrogen and oxygen atoms in total. The van der Waals surface area contributed by atoms with Gasteiger partial charge in [-0.1, -0.05) is 48.5 Å². The van der Waals surface area contributed by atoms with Crippen molar-refractivity contribution in [3.63, 3.8) is 0 Å². The molecule has 0 atom stereocenters. The van der Waals surface area contributed by atoms with Crippen molar-refractivity contribution in [3.05, 3.63) is 114 Å². The quantitative estimate of drug-likeness (QED) is 0.126. The number of hydrogen-bond donors (Lipinski definition) is 1. The number of benzene rings is 5. The summed E-state index contributed by atoms with van der Waals surface area (Å²) in [5.41, 5.74) is 1.57. The summed E-state index contributed by atoms with van der Waals surface area (Å²) in [5, 5.41) is 48.7. The monoisotopic (exact) mass is 497 g/mol. The van der Waals surface area contributed by atoms with E-state index in [0.29, 0.717) is 12.1 Å². The SMILES string of the molecule is Cc1ccc2cc3c(ccc4ccccc43)c3c2c1CC3.O=[N+]([O-])c1cc([N+](=O)[O-])c(O)c([N+](=O)[O-])c1. The highest BCUT2D eigenvalue weighted by Crippen LogP contribution is 2.40. The second-order valence-corrected chi connectivity index (χ2v) is 8.80. The lowest BCUT2D eigenvalue weighted by Crippen LogP contribution is -1.97. The normalized spacial score (nSPS) is 11.9. The standard InChI is InChI=1S/C21H16.C6H3N3O7/c1-13-6-7-15-12-20-17-5-3-2-4-14(17)8-9-18(20)19-11-10-16(13)21(15)19;10-6-4(8(13)14)1-3(7(11)12)2-5(6)9(15)16/h2-9,12H,10-11H2,1H3;1-2,10H. The Hall–Kier alpha value is -5.12. The van der Waals surface area contributed by atoms with Crippen molar-refractivity contribution >= 4 is 49.4 Å². The maximum absolute atomic E-state index is 10.4. The van der Waals surface area contributed by atoms with Gasteiger partial charge in [0.15, 0.2) is 0 Å². The molecule has 1 aliphatic carbocycles. The molecule has 0 spiro atoms. The fourth-order valence-electron chi connectivity index (χ4n) is 5.06. The van der Waals surface area contributed by atoms with Crippen molar-refractivity contribution < 1.29 is 19.9 Å². The minimum Gasteiger partial charge on any atom is -0.497 e. The van der Waals surface area contributed by atoms with E-state index in [2.05, 4.69) is 61.5 Å². The van der Waals surface area contributed by atoms with Crippen molar-refractivity contribution in [1.29, 1.82) is 0 Å². The number of aromatic hydroxyl groups is 1. The van der Waals surface area contributed by atoms with Crippen LogP contribution in [-0.4, -0.2) is 19.9 Å². The van der Waals surface area contributed by atoms with Crippen LogP contribution in [0.15, 0.2) is 66.7 Å². The average molecular weight is 497 g/mol. The maximum Gasteiger partial charge on any atom is 0.324 e. The predicted molar refractivity (Wildman–Crippen MR) is 139 cm³/mol. The molecular formula is C27H19N3O7. The highest BCUT2D eigenvalue weighted by atomic mass is 16.6. The highest BCUT2D eigenvalue weighted by molar-refractivity contribution is 6.15. The smallest absolute Gasteiger partial charge is 0.324 e. The Morgan fingerprint density at radius 1 is 0.676 bits per heavy atom. The topological polar surface area (TPSA) is 150 Å². The minimum atomic E-state index is -1.21. The van der Waals surface area contributed by atoms with Crippen molar-refractivity contribution in [2.24, 2.45) is 0 Å². The molecule has 0 fully saturated rings. The first-order valence-corrected chi connectivity index (χ1v) is 11.3. The van der Waals surface area contributed by atoms with Crippen LogP contribution >= 0.6 is 0 Å². The van der Waals surface area contributed by atoms with Gasteiger partial charge in [-0.25, -0.2) is 0 Å². The number of aryl methyl sites for hydroxylation is 3. The van der Waals surface area contributed by atoms with Crippen LogP contribution in [0.4, 0.5) is 17.1 Å². The Labute approximate surface area is 208 Å². The van der Waals surface area contributed by atoms with E-state index >= 15 is 0 Å². The van der Waals surface area contributed by atoms with Crippen molar-refractivity contribution in [2.75, 3.05) is 0 Å². The first kappa shape index (κ1) is 23.6. The van der Waals surface area contributed by atoms with Gasteiger partial charge in [-0.15, -0.1) is 0 Å². The molecule has 0 heterocycles. The molecule has 1 N–H and O–H groups in total. The van der Waals surface area contributed by atoms with Gasteiger partial charge in [0.1, 0.15) is 0 Å². The Morgan fingerprint density at radius 2 is 1.30 bits per heavy atom. The Morgan fingerprint density at radius 3 is 1.95 bits per heavy atom. The zero-order chi connectivity index (χ0) is 26.4. The number of nitro groups is 3. The lowest BCUT2D eigenvalue weighted by Gasteiger charge is -2.11. The Bertz CT molecular complexity index is 1760. The van der Waals surface area contributed by atoms with E-state index in [1.165, 1.54) is 50.7 Å². The van der Waals surface area contributed by atoms with E-state index in [-0.39, 0.29) is 0 Å². The number of phenolic OH excluding ortho intramolecular Hbond substituents is 1. The zero-order valence-electron chi connectivity index (χ0n) is 19.5. The van der Waals surface area contributed by atoms with E-state index in [9.17, 15) is 30.3 Å². The maximum atomic E-state index is 10.4. The van der Waals surface area contributed by atoms with Gasteiger partial charge in [0, 0.05) is 0 Å². The van der Waals surface area contributed by atoms with Gasteiger partial charge in [0.25, 0.3) is 11.4 Å². The molecule has 0 radical (unpaired) electrons. The summed E-state index contributed by atoms with van der Waals surface area (Å²) < 4.78 is 0. The van der Waals surface area contributed by atoms with Gasteiger partial charge in [0.2, 0.25) is 0 Å². The molecule has 0 saturated carbocycles. The Balaban J connectivity index is 0.000000159. The Kier molecular flexibility index (Phi) is 5.63. The van der Waals surface area contributed by atoms with Crippen LogP contribution < -0.4 is 0 Å².